The van der Waals surface area contributed by atoms with Crippen LogP contribution in [0.4, 0.5) is 0 Å². The van der Waals surface area contributed by atoms with Gasteiger partial charge in [-0.3, -0.25) is 9.59 Å². The van der Waals surface area contributed by atoms with Crippen molar-refractivity contribution in [1.29, 1.82) is 0 Å². The van der Waals surface area contributed by atoms with Crippen LogP contribution < -0.4 is 10.9 Å². The maximum atomic E-state index is 13.1. The summed E-state index contributed by atoms with van der Waals surface area (Å²) < 4.78 is 3.48. The molecule has 0 bridgehead atoms. The molecule has 2 aromatic heterocycles. The summed E-state index contributed by atoms with van der Waals surface area (Å²) in [4.78, 5) is 25.7. The lowest BCUT2D eigenvalue weighted by atomic mass is 9.87. The van der Waals surface area contributed by atoms with Gasteiger partial charge in [0.15, 0.2) is 0 Å². The fourth-order valence-corrected chi connectivity index (χ4v) is 5.01. The standard InChI is InChI=1S/C25H30N4O2/c1-17-6-12-20(13-7-17)26-24(30)19-10-8-18(9-11-19)16-28-14-15-29-23(25(28)31)21-4-2-3-5-22(21)27-29/h8-11,14-15,17,20H,2-7,12-13,16H2,1H3,(H,26,30). The average molecular weight is 419 g/mol. The van der Waals surface area contributed by atoms with Crippen LogP contribution in [-0.4, -0.2) is 26.1 Å². The van der Waals surface area contributed by atoms with Crippen molar-refractivity contribution in [2.45, 2.75) is 70.9 Å². The maximum absolute atomic E-state index is 13.1. The van der Waals surface area contributed by atoms with Crippen LogP contribution in [-0.2, 0) is 19.4 Å². The molecular weight excluding hydrogens is 388 g/mol. The van der Waals surface area contributed by atoms with Gasteiger partial charge in [-0.25, -0.2) is 4.52 Å². The van der Waals surface area contributed by atoms with Gasteiger partial charge in [0, 0.05) is 29.6 Å². The predicted octanol–water partition coefficient (Wildman–Crippen LogP) is 3.73. The number of nitrogens with zero attached hydrogens (tertiary/aromatic N) is 3. The monoisotopic (exact) mass is 418 g/mol. The lowest BCUT2D eigenvalue weighted by molar-refractivity contribution is 0.0923. The van der Waals surface area contributed by atoms with Gasteiger partial charge in [-0.15, -0.1) is 0 Å². The van der Waals surface area contributed by atoms with E-state index in [1.807, 2.05) is 30.5 Å². The second-order valence-corrected chi connectivity index (χ2v) is 9.28. The number of carbonyl (C=O) groups is 1. The van der Waals surface area contributed by atoms with Gasteiger partial charge in [0.25, 0.3) is 11.5 Å². The fourth-order valence-electron chi connectivity index (χ4n) is 5.01. The molecule has 1 aromatic carbocycles. The van der Waals surface area contributed by atoms with E-state index in [-0.39, 0.29) is 17.5 Å². The number of amides is 1. The molecule has 1 N–H and O–H groups in total. The summed E-state index contributed by atoms with van der Waals surface area (Å²) in [5, 5.41) is 7.78. The summed E-state index contributed by atoms with van der Waals surface area (Å²) in [7, 11) is 0. The van der Waals surface area contributed by atoms with Gasteiger partial charge in [-0.05, 0) is 75.0 Å². The Kier molecular flexibility index (Phi) is 5.38. The molecular formula is C25H30N4O2. The molecule has 2 aliphatic rings. The van der Waals surface area contributed by atoms with E-state index in [1.165, 1.54) is 12.8 Å². The van der Waals surface area contributed by atoms with Crippen LogP contribution in [0.15, 0.2) is 41.5 Å². The number of carbonyl (C=O) groups excluding carboxylic acids is 1. The normalized spacial score (nSPS) is 21.1. The highest BCUT2D eigenvalue weighted by atomic mass is 16.1. The first kappa shape index (κ1) is 20.0. The molecule has 1 fully saturated rings. The van der Waals surface area contributed by atoms with Gasteiger partial charge in [0.2, 0.25) is 0 Å². The first-order valence-corrected chi connectivity index (χ1v) is 11.6. The summed E-state index contributed by atoms with van der Waals surface area (Å²) in [5.41, 5.74) is 4.60. The summed E-state index contributed by atoms with van der Waals surface area (Å²) in [6.45, 7) is 2.76. The summed E-state index contributed by atoms with van der Waals surface area (Å²) >= 11 is 0. The molecule has 6 nitrogen and oxygen atoms in total. The minimum Gasteiger partial charge on any atom is -0.349 e. The first-order valence-electron chi connectivity index (χ1n) is 11.6. The van der Waals surface area contributed by atoms with Gasteiger partial charge < -0.3 is 9.88 Å². The minimum atomic E-state index is -0.00409. The van der Waals surface area contributed by atoms with Crippen LogP contribution >= 0.6 is 0 Å². The SMILES string of the molecule is CC1CCC(NC(=O)c2ccc(Cn3ccn4nc5c(c4c3=O)CCCC5)cc2)CC1. The first-order chi connectivity index (χ1) is 15.1. The zero-order chi connectivity index (χ0) is 21.4. The Morgan fingerprint density at radius 3 is 2.58 bits per heavy atom. The highest BCUT2D eigenvalue weighted by molar-refractivity contribution is 5.94. The molecule has 0 aliphatic heterocycles. The summed E-state index contributed by atoms with van der Waals surface area (Å²) in [6.07, 6.45) is 12.3. The van der Waals surface area contributed by atoms with E-state index in [0.29, 0.717) is 12.1 Å². The molecule has 1 saturated carbocycles. The largest absolute Gasteiger partial charge is 0.349 e. The van der Waals surface area contributed by atoms with Crippen molar-refractivity contribution in [2.24, 2.45) is 5.92 Å². The average Bonchev–Trinajstić information content (AvgIpc) is 3.17. The number of benzene rings is 1. The molecule has 0 atom stereocenters. The zero-order valence-corrected chi connectivity index (χ0v) is 18.1. The van der Waals surface area contributed by atoms with Gasteiger partial charge in [-0.1, -0.05) is 19.1 Å². The Hall–Kier alpha value is -2.89. The molecule has 162 valence electrons. The lowest BCUT2D eigenvalue weighted by Gasteiger charge is -2.26. The third kappa shape index (κ3) is 4.03. The third-order valence-corrected chi connectivity index (χ3v) is 6.95. The van der Waals surface area contributed by atoms with Gasteiger partial charge >= 0.3 is 0 Å². The highest BCUT2D eigenvalue weighted by Gasteiger charge is 2.21. The summed E-state index contributed by atoms with van der Waals surface area (Å²) in [6, 6.07) is 7.90. The van der Waals surface area contributed by atoms with Crippen LogP contribution in [0.25, 0.3) is 5.52 Å². The van der Waals surface area contributed by atoms with Gasteiger partial charge in [0.05, 0.1) is 12.2 Å². The Balaban J connectivity index is 1.30. The molecule has 2 aliphatic carbocycles. The van der Waals surface area contributed by atoms with Crippen molar-refractivity contribution in [3.05, 3.63) is 69.4 Å². The fraction of sp³-hybridized carbons (Fsp3) is 0.480. The molecule has 3 aromatic rings. The smallest absolute Gasteiger partial charge is 0.277 e. The maximum Gasteiger partial charge on any atom is 0.277 e. The lowest BCUT2D eigenvalue weighted by Crippen LogP contribution is -2.37. The Morgan fingerprint density at radius 2 is 1.81 bits per heavy atom. The molecule has 0 spiro atoms. The molecule has 0 radical (unpaired) electrons. The van der Waals surface area contributed by atoms with E-state index in [0.717, 1.165) is 66.8 Å². The molecule has 31 heavy (non-hydrogen) atoms. The van der Waals surface area contributed by atoms with E-state index in [2.05, 4.69) is 17.3 Å². The van der Waals surface area contributed by atoms with Crippen LogP contribution in [0.3, 0.4) is 0 Å². The second kappa shape index (κ2) is 8.33. The molecule has 6 heteroatoms. The van der Waals surface area contributed by atoms with Crippen molar-refractivity contribution in [1.82, 2.24) is 19.5 Å². The molecule has 5 rings (SSSR count). The number of fused-ring (bicyclic) bond motifs is 3. The number of hydrogen-bond donors (Lipinski definition) is 1. The van der Waals surface area contributed by atoms with E-state index in [9.17, 15) is 9.59 Å². The Morgan fingerprint density at radius 1 is 1.06 bits per heavy atom. The van der Waals surface area contributed by atoms with Crippen LogP contribution in [0, 0.1) is 5.92 Å². The van der Waals surface area contributed by atoms with Crippen molar-refractivity contribution >= 4 is 11.4 Å². The van der Waals surface area contributed by atoms with Crippen molar-refractivity contribution in [2.75, 3.05) is 0 Å². The summed E-state index contributed by atoms with van der Waals surface area (Å²) in [5.74, 6) is 0.763. The van der Waals surface area contributed by atoms with Crippen LogP contribution in [0.5, 0.6) is 0 Å². The van der Waals surface area contributed by atoms with E-state index in [1.54, 1.807) is 15.3 Å². The molecule has 2 heterocycles. The number of aromatic nitrogens is 3. The van der Waals surface area contributed by atoms with Crippen molar-refractivity contribution in [3.8, 4) is 0 Å². The Labute approximate surface area is 182 Å². The predicted molar refractivity (Wildman–Crippen MR) is 121 cm³/mol. The number of hydrogen-bond acceptors (Lipinski definition) is 3. The van der Waals surface area contributed by atoms with E-state index >= 15 is 0 Å². The number of aryl methyl sites for hydroxylation is 2. The minimum absolute atomic E-state index is 0.00409. The van der Waals surface area contributed by atoms with Crippen molar-refractivity contribution in [3.63, 3.8) is 0 Å². The van der Waals surface area contributed by atoms with E-state index < -0.39 is 0 Å². The number of nitrogens with one attached hydrogen (secondary N) is 1. The second-order valence-electron chi connectivity index (χ2n) is 9.28. The van der Waals surface area contributed by atoms with Gasteiger partial charge in [-0.2, -0.15) is 5.10 Å². The highest BCUT2D eigenvalue weighted by Crippen LogP contribution is 2.24. The molecule has 1 amide bonds. The molecule has 0 unspecified atom stereocenters. The van der Waals surface area contributed by atoms with Crippen LogP contribution in [0.2, 0.25) is 0 Å². The number of rotatable bonds is 4. The third-order valence-electron chi connectivity index (χ3n) is 6.95. The van der Waals surface area contributed by atoms with Crippen molar-refractivity contribution < 1.29 is 4.79 Å². The van der Waals surface area contributed by atoms with Crippen LogP contribution in [0.1, 0.15) is 72.6 Å². The van der Waals surface area contributed by atoms with E-state index in [4.69, 9.17) is 0 Å². The Bertz CT molecular complexity index is 1150. The zero-order valence-electron chi connectivity index (χ0n) is 18.1. The quantitative estimate of drug-likeness (QED) is 0.702. The van der Waals surface area contributed by atoms with Gasteiger partial charge in [0.1, 0.15) is 5.52 Å². The molecule has 0 saturated heterocycles. The topological polar surface area (TPSA) is 68.4 Å².